The van der Waals surface area contributed by atoms with E-state index in [1.165, 1.54) is 38.1 Å². The fourth-order valence-corrected chi connectivity index (χ4v) is 5.62. The van der Waals surface area contributed by atoms with Gasteiger partial charge in [-0.2, -0.15) is 0 Å². The Bertz CT molecular complexity index is 1090. The highest BCUT2D eigenvalue weighted by atomic mass is 32.2. The summed E-state index contributed by atoms with van der Waals surface area (Å²) in [5, 5.41) is 3.54. The van der Waals surface area contributed by atoms with Crippen molar-refractivity contribution >= 4 is 34.5 Å². The number of nitrogens with one attached hydrogen (secondary N) is 1. The highest BCUT2D eigenvalue weighted by Gasteiger charge is 2.24. The number of hydrogen-bond donors (Lipinski definition) is 1. The summed E-state index contributed by atoms with van der Waals surface area (Å²) in [4.78, 5) is 42.9. The highest BCUT2D eigenvalue weighted by Crippen LogP contribution is 2.26. The van der Waals surface area contributed by atoms with Gasteiger partial charge in [0.1, 0.15) is 0 Å². The summed E-state index contributed by atoms with van der Waals surface area (Å²) in [5.41, 5.74) is 0.538. The molecule has 1 N–H and O–H groups in total. The number of esters is 1. The Kier molecular flexibility index (Phi) is 8.26. The summed E-state index contributed by atoms with van der Waals surface area (Å²) >= 11 is 1.27. The van der Waals surface area contributed by atoms with E-state index in [1.807, 2.05) is 6.92 Å². The van der Waals surface area contributed by atoms with E-state index in [1.54, 1.807) is 22.8 Å². The molecule has 1 amide bonds. The Morgan fingerprint density at radius 1 is 1.24 bits per heavy atom. The lowest BCUT2D eigenvalue weighted by molar-refractivity contribution is -0.120. The number of carbonyl (C=O) groups excluding carboxylic acids is 2. The first-order valence-corrected chi connectivity index (χ1v) is 13.0. The van der Waals surface area contributed by atoms with Crippen molar-refractivity contribution in [2.45, 2.75) is 74.9 Å². The SMILES string of the molecule is COC(=O)c1ccc2c(=O)n(CC3CCCO3)c(SC(C)C(=O)NCC3CCCCC3)nc2c1. The predicted molar refractivity (Wildman–Crippen MR) is 131 cm³/mol. The second-order valence-electron chi connectivity index (χ2n) is 9.18. The van der Waals surface area contributed by atoms with Crippen molar-refractivity contribution < 1.29 is 19.1 Å². The molecule has 2 heterocycles. The predicted octanol–water partition coefficient (Wildman–Crippen LogP) is 3.54. The molecular weight excluding hydrogens is 454 g/mol. The Balaban J connectivity index is 1.58. The smallest absolute Gasteiger partial charge is 0.337 e. The average Bonchev–Trinajstić information content (AvgIpc) is 3.38. The zero-order valence-corrected chi connectivity index (χ0v) is 20.7. The first-order valence-electron chi connectivity index (χ1n) is 12.1. The van der Waals surface area contributed by atoms with Gasteiger partial charge in [0.05, 0.1) is 41.5 Å². The van der Waals surface area contributed by atoms with Crippen LogP contribution in [0.2, 0.25) is 0 Å². The lowest BCUT2D eigenvalue weighted by atomic mass is 9.89. The van der Waals surface area contributed by atoms with Gasteiger partial charge in [0.15, 0.2) is 5.16 Å². The number of fused-ring (bicyclic) bond motifs is 1. The van der Waals surface area contributed by atoms with E-state index in [-0.39, 0.29) is 17.6 Å². The molecule has 2 atom stereocenters. The molecule has 2 aromatic rings. The summed E-state index contributed by atoms with van der Waals surface area (Å²) in [6, 6.07) is 4.75. The molecule has 2 fully saturated rings. The normalized spacial score (nSPS) is 19.8. The molecule has 1 saturated carbocycles. The molecule has 1 aromatic carbocycles. The third-order valence-electron chi connectivity index (χ3n) is 6.69. The van der Waals surface area contributed by atoms with Crippen LogP contribution in [0.5, 0.6) is 0 Å². The number of amides is 1. The van der Waals surface area contributed by atoms with Crippen molar-refractivity contribution in [2.24, 2.45) is 5.92 Å². The largest absolute Gasteiger partial charge is 0.465 e. The van der Waals surface area contributed by atoms with Crippen molar-refractivity contribution in [3.8, 4) is 0 Å². The molecule has 184 valence electrons. The highest BCUT2D eigenvalue weighted by molar-refractivity contribution is 8.00. The van der Waals surface area contributed by atoms with Gasteiger partial charge in [-0.1, -0.05) is 31.0 Å². The maximum Gasteiger partial charge on any atom is 0.337 e. The second kappa shape index (κ2) is 11.4. The van der Waals surface area contributed by atoms with Gasteiger partial charge < -0.3 is 14.8 Å². The second-order valence-corrected chi connectivity index (χ2v) is 10.5. The van der Waals surface area contributed by atoms with Gasteiger partial charge in [-0.15, -0.1) is 0 Å². The van der Waals surface area contributed by atoms with Gasteiger partial charge in [0.25, 0.3) is 5.56 Å². The maximum absolute atomic E-state index is 13.4. The molecule has 1 saturated heterocycles. The number of methoxy groups -OCH3 is 1. The van der Waals surface area contributed by atoms with Gasteiger partial charge in [-0.05, 0) is 56.7 Å². The van der Waals surface area contributed by atoms with Gasteiger partial charge in [0, 0.05) is 13.2 Å². The number of benzene rings is 1. The Hall–Kier alpha value is -2.39. The number of hydrogen-bond acceptors (Lipinski definition) is 7. The van der Waals surface area contributed by atoms with Crippen molar-refractivity contribution in [1.29, 1.82) is 0 Å². The number of nitrogens with zero attached hydrogens (tertiary/aromatic N) is 2. The van der Waals surface area contributed by atoms with Crippen LogP contribution in [0, 0.1) is 5.92 Å². The molecule has 8 nitrogen and oxygen atoms in total. The van der Waals surface area contributed by atoms with E-state index < -0.39 is 11.2 Å². The van der Waals surface area contributed by atoms with E-state index in [4.69, 9.17) is 14.5 Å². The fraction of sp³-hybridized carbons (Fsp3) is 0.600. The molecule has 9 heteroatoms. The quantitative estimate of drug-likeness (QED) is 0.345. The summed E-state index contributed by atoms with van der Waals surface area (Å²) in [6.45, 7) is 3.60. The molecule has 1 aliphatic carbocycles. The van der Waals surface area contributed by atoms with Crippen LogP contribution in [0.4, 0.5) is 0 Å². The molecule has 1 aliphatic heterocycles. The monoisotopic (exact) mass is 487 g/mol. The number of thioether (sulfide) groups is 1. The van der Waals surface area contributed by atoms with E-state index in [0.717, 1.165) is 25.7 Å². The lowest BCUT2D eigenvalue weighted by Gasteiger charge is -2.23. The van der Waals surface area contributed by atoms with Crippen molar-refractivity contribution in [3.63, 3.8) is 0 Å². The van der Waals surface area contributed by atoms with Crippen LogP contribution in [0.15, 0.2) is 28.2 Å². The van der Waals surface area contributed by atoms with E-state index in [0.29, 0.717) is 47.2 Å². The van der Waals surface area contributed by atoms with E-state index >= 15 is 0 Å². The fourth-order valence-electron chi connectivity index (χ4n) is 4.68. The Morgan fingerprint density at radius 2 is 2.03 bits per heavy atom. The molecule has 1 aromatic heterocycles. The molecule has 2 aliphatic rings. The number of ether oxygens (including phenoxy) is 2. The van der Waals surface area contributed by atoms with Crippen LogP contribution < -0.4 is 10.9 Å². The van der Waals surface area contributed by atoms with Crippen LogP contribution >= 0.6 is 11.8 Å². The molecule has 34 heavy (non-hydrogen) atoms. The standard InChI is InChI=1S/C25H33N3O5S/c1-16(22(29)26-14-17-7-4-3-5-8-17)34-25-27-21-13-18(24(31)32-2)10-11-20(21)23(30)28(25)15-19-9-6-12-33-19/h10-11,13,16-17,19H,3-9,12,14-15H2,1-2H3,(H,26,29). The molecule has 0 bridgehead atoms. The Morgan fingerprint density at radius 3 is 2.74 bits per heavy atom. The molecule has 0 spiro atoms. The minimum absolute atomic E-state index is 0.0546. The summed E-state index contributed by atoms with van der Waals surface area (Å²) in [6.07, 6.45) is 7.86. The van der Waals surface area contributed by atoms with Gasteiger partial charge >= 0.3 is 5.97 Å². The van der Waals surface area contributed by atoms with Gasteiger partial charge in [-0.3, -0.25) is 14.2 Å². The minimum Gasteiger partial charge on any atom is -0.465 e. The van der Waals surface area contributed by atoms with Crippen LogP contribution in [-0.2, 0) is 20.8 Å². The third-order valence-corrected chi connectivity index (χ3v) is 7.78. The van der Waals surface area contributed by atoms with Crippen molar-refractivity contribution in [1.82, 2.24) is 14.9 Å². The number of rotatable bonds is 8. The lowest BCUT2D eigenvalue weighted by Crippen LogP contribution is -2.36. The van der Waals surface area contributed by atoms with Crippen LogP contribution in [0.1, 0.15) is 62.2 Å². The molecule has 4 rings (SSSR count). The molecule has 2 unspecified atom stereocenters. The number of aromatic nitrogens is 2. The van der Waals surface area contributed by atoms with Crippen LogP contribution in [0.3, 0.4) is 0 Å². The van der Waals surface area contributed by atoms with Crippen molar-refractivity contribution in [2.75, 3.05) is 20.3 Å². The van der Waals surface area contributed by atoms with Crippen LogP contribution in [-0.4, -0.2) is 53.0 Å². The first-order chi connectivity index (χ1) is 16.5. The zero-order chi connectivity index (χ0) is 24.1. The first kappa shape index (κ1) is 24.7. The third kappa shape index (κ3) is 5.81. The summed E-state index contributed by atoms with van der Waals surface area (Å²) in [7, 11) is 1.31. The van der Waals surface area contributed by atoms with Crippen LogP contribution in [0.25, 0.3) is 10.9 Å². The van der Waals surface area contributed by atoms with Crippen molar-refractivity contribution in [3.05, 3.63) is 34.1 Å². The minimum atomic E-state index is -0.489. The van der Waals surface area contributed by atoms with Gasteiger partial charge in [-0.25, -0.2) is 9.78 Å². The van der Waals surface area contributed by atoms with E-state index in [9.17, 15) is 14.4 Å². The molecular formula is C25H33N3O5S. The topological polar surface area (TPSA) is 99.5 Å². The average molecular weight is 488 g/mol. The summed E-state index contributed by atoms with van der Waals surface area (Å²) in [5.74, 6) is -0.00285. The summed E-state index contributed by atoms with van der Waals surface area (Å²) < 4.78 is 12.2. The van der Waals surface area contributed by atoms with E-state index in [2.05, 4.69) is 5.32 Å². The maximum atomic E-state index is 13.4. The number of carbonyl (C=O) groups is 2. The van der Waals surface area contributed by atoms with Gasteiger partial charge in [0.2, 0.25) is 5.91 Å². The Labute approximate surface area is 203 Å². The zero-order valence-electron chi connectivity index (χ0n) is 19.9. The molecule has 0 radical (unpaired) electrons.